The van der Waals surface area contributed by atoms with Crippen molar-refractivity contribution in [3.05, 3.63) is 22.2 Å². The van der Waals surface area contributed by atoms with Gasteiger partial charge >= 0.3 is 5.97 Å². The summed E-state index contributed by atoms with van der Waals surface area (Å²) >= 11 is 6.50. The summed E-state index contributed by atoms with van der Waals surface area (Å²) < 4.78 is 11.3. The van der Waals surface area contributed by atoms with Crippen LogP contribution in [0.4, 0.5) is 0 Å². The normalized spacial score (nSPS) is 20.1. The van der Waals surface area contributed by atoms with Crippen LogP contribution >= 0.6 is 11.6 Å². The fourth-order valence-corrected chi connectivity index (χ4v) is 3.75. The van der Waals surface area contributed by atoms with E-state index in [-0.39, 0.29) is 0 Å². The van der Waals surface area contributed by atoms with E-state index in [0.29, 0.717) is 48.1 Å². The first kappa shape index (κ1) is 14.5. The Bertz CT molecular complexity index is 576. The number of aliphatic carboxylic acids is 1. The third kappa shape index (κ3) is 2.26. The van der Waals surface area contributed by atoms with Crippen molar-refractivity contribution in [3.8, 4) is 11.5 Å². The Balaban J connectivity index is 2.16. The molecule has 0 radical (unpaired) electrons. The van der Waals surface area contributed by atoms with Crippen LogP contribution in [0.5, 0.6) is 11.5 Å². The molecule has 0 bridgehead atoms. The monoisotopic (exact) mass is 310 g/mol. The van der Waals surface area contributed by atoms with Crippen LogP contribution in [0.25, 0.3) is 0 Å². The fourth-order valence-electron chi connectivity index (χ4n) is 3.43. The van der Waals surface area contributed by atoms with E-state index < -0.39 is 11.4 Å². The molecule has 4 nitrogen and oxygen atoms in total. The third-order valence-corrected chi connectivity index (χ3v) is 5.11. The van der Waals surface area contributed by atoms with E-state index in [1.807, 2.05) is 6.92 Å². The number of ether oxygens (including phenoxy) is 2. The van der Waals surface area contributed by atoms with Crippen LogP contribution in [0.1, 0.15) is 43.2 Å². The van der Waals surface area contributed by atoms with Crippen molar-refractivity contribution in [2.75, 3.05) is 13.2 Å². The number of fused-ring (bicyclic) bond motifs is 1. The Hall–Kier alpha value is -1.42. The molecule has 21 heavy (non-hydrogen) atoms. The second-order valence-corrected chi connectivity index (χ2v) is 6.21. The van der Waals surface area contributed by atoms with Crippen LogP contribution in [0, 0.1) is 6.92 Å². The minimum atomic E-state index is -0.893. The first-order valence-electron chi connectivity index (χ1n) is 7.39. The number of carboxylic acid groups (broad SMARTS) is 1. The first-order valence-corrected chi connectivity index (χ1v) is 7.76. The van der Waals surface area contributed by atoms with Gasteiger partial charge in [0.25, 0.3) is 0 Å². The van der Waals surface area contributed by atoms with Gasteiger partial charge in [0.15, 0.2) is 11.5 Å². The first-order chi connectivity index (χ1) is 10.1. The number of hydrogen-bond donors (Lipinski definition) is 1. The lowest BCUT2D eigenvalue weighted by Crippen LogP contribution is -2.38. The van der Waals surface area contributed by atoms with Crippen LogP contribution < -0.4 is 9.47 Å². The van der Waals surface area contributed by atoms with Crippen molar-refractivity contribution in [2.45, 2.75) is 44.4 Å². The van der Waals surface area contributed by atoms with E-state index >= 15 is 0 Å². The second kappa shape index (κ2) is 5.41. The van der Waals surface area contributed by atoms with Crippen molar-refractivity contribution < 1.29 is 19.4 Å². The Kier molecular flexibility index (Phi) is 3.74. The second-order valence-electron chi connectivity index (χ2n) is 5.84. The Labute approximate surface area is 129 Å². The molecule has 1 aromatic carbocycles. The quantitative estimate of drug-likeness (QED) is 0.905. The van der Waals surface area contributed by atoms with Crippen LogP contribution in [0.2, 0.25) is 5.02 Å². The lowest BCUT2D eigenvalue weighted by molar-refractivity contribution is -0.145. The maximum absolute atomic E-state index is 12.0. The minimum absolute atomic E-state index is 0.480. The van der Waals surface area contributed by atoms with E-state index in [9.17, 15) is 9.90 Å². The minimum Gasteiger partial charge on any atom is -0.486 e. The van der Waals surface area contributed by atoms with Gasteiger partial charge in [0.2, 0.25) is 0 Å². The SMILES string of the molecule is Cc1c(Cl)c(C2(C(=O)O)CCCCC2)cc2c1OCCO2. The molecule has 1 fully saturated rings. The van der Waals surface area contributed by atoms with E-state index in [1.165, 1.54) is 0 Å². The van der Waals surface area contributed by atoms with Gasteiger partial charge < -0.3 is 14.6 Å². The zero-order chi connectivity index (χ0) is 15.0. The molecule has 1 aliphatic heterocycles. The Morgan fingerprint density at radius 1 is 1.24 bits per heavy atom. The number of hydrogen-bond acceptors (Lipinski definition) is 3. The summed E-state index contributed by atoms with van der Waals surface area (Å²) in [5.74, 6) is 0.468. The van der Waals surface area contributed by atoms with Gasteiger partial charge in [0.1, 0.15) is 13.2 Å². The highest BCUT2D eigenvalue weighted by atomic mass is 35.5. The van der Waals surface area contributed by atoms with Gasteiger partial charge in [-0.25, -0.2) is 0 Å². The van der Waals surface area contributed by atoms with Gasteiger partial charge in [-0.05, 0) is 31.4 Å². The largest absolute Gasteiger partial charge is 0.486 e. The van der Waals surface area contributed by atoms with E-state index in [0.717, 1.165) is 24.8 Å². The molecular formula is C16H19ClO4. The number of halogens is 1. The molecule has 0 unspecified atom stereocenters. The standard InChI is InChI=1S/C16H19ClO4/c1-10-13(17)11(9-12-14(10)21-8-7-20-12)16(15(18)19)5-3-2-4-6-16/h9H,2-8H2,1H3,(H,18,19). The van der Waals surface area contributed by atoms with Crippen LogP contribution in [-0.2, 0) is 10.2 Å². The highest BCUT2D eigenvalue weighted by molar-refractivity contribution is 6.32. The third-order valence-electron chi connectivity index (χ3n) is 4.62. The predicted octanol–water partition coefficient (Wildman–Crippen LogP) is 3.71. The molecule has 2 aliphatic rings. The number of rotatable bonds is 2. The van der Waals surface area contributed by atoms with Crippen molar-refractivity contribution in [3.63, 3.8) is 0 Å². The van der Waals surface area contributed by atoms with E-state index in [2.05, 4.69) is 0 Å². The van der Waals surface area contributed by atoms with Crippen LogP contribution in [-0.4, -0.2) is 24.3 Å². The average Bonchev–Trinajstić information content (AvgIpc) is 2.51. The van der Waals surface area contributed by atoms with Crippen molar-refractivity contribution in [1.82, 2.24) is 0 Å². The van der Waals surface area contributed by atoms with E-state index in [4.69, 9.17) is 21.1 Å². The maximum atomic E-state index is 12.0. The Morgan fingerprint density at radius 2 is 1.90 bits per heavy atom. The summed E-state index contributed by atoms with van der Waals surface area (Å²) in [5.41, 5.74) is 0.559. The molecule has 0 saturated heterocycles. The molecule has 1 aliphatic carbocycles. The van der Waals surface area contributed by atoms with Crippen molar-refractivity contribution in [1.29, 1.82) is 0 Å². The zero-order valence-electron chi connectivity index (χ0n) is 12.1. The van der Waals surface area contributed by atoms with Crippen molar-refractivity contribution in [2.24, 2.45) is 0 Å². The lowest BCUT2D eigenvalue weighted by Gasteiger charge is -2.35. The summed E-state index contributed by atoms with van der Waals surface area (Å²) in [6.45, 7) is 2.83. The maximum Gasteiger partial charge on any atom is 0.314 e. The van der Waals surface area contributed by atoms with Gasteiger partial charge in [-0.15, -0.1) is 0 Å². The van der Waals surface area contributed by atoms with Crippen LogP contribution in [0.15, 0.2) is 6.07 Å². The summed E-state index contributed by atoms with van der Waals surface area (Å²) in [6, 6.07) is 1.78. The smallest absolute Gasteiger partial charge is 0.314 e. The van der Waals surface area contributed by atoms with Crippen molar-refractivity contribution >= 4 is 17.6 Å². The molecule has 0 spiro atoms. The molecular weight excluding hydrogens is 292 g/mol. The topological polar surface area (TPSA) is 55.8 Å². The van der Waals surface area contributed by atoms with Gasteiger partial charge in [-0.2, -0.15) is 0 Å². The Morgan fingerprint density at radius 3 is 2.57 bits per heavy atom. The predicted molar refractivity (Wildman–Crippen MR) is 79.6 cm³/mol. The number of benzene rings is 1. The molecule has 1 saturated carbocycles. The summed E-state index contributed by atoms with van der Waals surface area (Å²) in [6.07, 6.45) is 4.16. The molecule has 3 rings (SSSR count). The summed E-state index contributed by atoms with van der Waals surface area (Å²) in [5, 5.41) is 10.3. The van der Waals surface area contributed by atoms with Gasteiger partial charge in [-0.1, -0.05) is 30.9 Å². The molecule has 1 heterocycles. The fraction of sp³-hybridized carbons (Fsp3) is 0.562. The highest BCUT2D eigenvalue weighted by Crippen LogP contribution is 2.48. The van der Waals surface area contributed by atoms with E-state index in [1.54, 1.807) is 6.07 Å². The molecule has 0 aromatic heterocycles. The molecule has 1 N–H and O–H groups in total. The highest BCUT2D eigenvalue weighted by Gasteiger charge is 2.44. The van der Waals surface area contributed by atoms with Crippen LogP contribution in [0.3, 0.4) is 0 Å². The molecule has 0 atom stereocenters. The summed E-state index contributed by atoms with van der Waals surface area (Å²) in [4.78, 5) is 12.0. The lowest BCUT2D eigenvalue weighted by atomic mass is 9.69. The zero-order valence-corrected chi connectivity index (χ0v) is 12.8. The molecule has 5 heteroatoms. The number of carbonyl (C=O) groups is 1. The summed E-state index contributed by atoms with van der Waals surface area (Å²) in [7, 11) is 0. The molecule has 1 aromatic rings. The van der Waals surface area contributed by atoms with Gasteiger partial charge in [-0.3, -0.25) is 4.79 Å². The molecule has 0 amide bonds. The van der Waals surface area contributed by atoms with Gasteiger partial charge in [0, 0.05) is 5.56 Å². The molecule has 114 valence electrons. The number of carboxylic acids is 1. The average molecular weight is 311 g/mol. The van der Waals surface area contributed by atoms with Gasteiger partial charge in [0.05, 0.1) is 10.4 Å².